The zero-order chi connectivity index (χ0) is 5.70. The molecule has 0 aliphatic carbocycles. The van der Waals surface area contributed by atoms with Gasteiger partial charge < -0.3 is 4.90 Å². The van der Waals surface area contributed by atoms with Gasteiger partial charge in [0.15, 0.2) is 0 Å². The van der Waals surface area contributed by atoms with Gasteiger partial charge in [-0.15, -0.1) is 9.24 Å². The topological polar surface area (TPSA) is 3.24 Å². The van der Waals surface area contributed by atoms with E-state index in [4.69, 9.17) is 0 Å². The van der Waals surface area contributed by atoms with Gasteiger partial charge in [-0.3, -0.25) is 0 Å². The molecule has 0 aliphatic rings. The van der Waals surface area contributed by atoms with Gasteiger partial charge in [0.25, 0.3) is 0 Å². The van der Waals surface area contributed by atoms with Crippen molar-refractivity contribution in [1.82, 2.24) is 4.90 Å². The highest BCUT2D eigenvalue weighted by Gasteiger charge is 1.89. The van der Waals surface area contributed by atoms with Crippen LogP contribution in [-0.2, 0) is 0 Å². The molecule has 0 spiro atoms. The van der Waals surface area contributed by atoms with E-state index in [1.807, 2.05) is 0 Å². The van der Waals surface area contributed by atoms with E-state index in [1.165, 1.54) is 13.1 Å². The van der Waals surface area contributed by atoms with E-state index in [1.54, 1.807) is 0 Å². The minimum Gasteiger partial charge on any atom is -0.300 e. The van der Waals surface area contributed by atoms with Gasteiger partial charge in [-0.2, -0.15) is 0 Å². The molecular formula is C5H14NP. The SMILES string of the molecule is CCN(CC)CP. The second kappa shape index (κ2) is 4.55. The molecule has 44 valence electrons. The lowest BCUT2D eigenvalue weighted by Gasteiger charge is -2.13. The van der Waals surface area contributed by atoms with Crippen molar-refractivity contribution < 1.29 is 0 Å². The molecule has 0 N–H and O–H groups in total. The van der Waals surface area contributed by atoms with Crippen LogP contribution in [0.15, 0.2) is 0 Å². The van der Waals surface area contributed by atoms with Crippen LogP contribution in [0.25, 0.3) is 0 Å². The van der Waals surface area contributed by atoms with Crippen molar-refractivity contribution in [3.8, 4) is 0 Å². The lowest BCUT2D eigenvalue weighted by Crippen LogP contribution is -2.20. The van der Waals surface area contributed by atoms with Crippen molar-refractivity contribution in [3.63, 3.8) is 0 Å². The van der Waals surface area contributed by atoms with Crippen LogP contribution >= 0.6 is 9.24 Å². The van der Waals surface area contributed by atoms with Crippen LogP contribution < -0.4 is 0 Å². The van der Waals surface area contributed by atoms with Gasteiger partial charge in [0.2, 0.25) is 0 Å². The molecule has 0 bridgehead atoms. The summed E-state index contributed by atoms with van der Waals surface area (Å²) >= 11 is 0. The highest BCUT2D eigenvalue weighted by molar-refractivity contribution is 7.16. The van der Waals surface area contributed by atoms with Crippen LogP contribution in [0.4, 0.5) is 0 Å². The molecule has 0 aromatic heterocycles. The van der Waals surface area contributed by atoms with Gasteiger partial charge in [0.05, 0.1) is 0 Å². The van der Waals surface area contributed by atoms with Gasteiger partial charge in [0.1, 0.15) is 0 Å². The lowest BCUT2D eigenvalue weighted by molar-refractivity contribution is 0.358. The summed E-state index contributed by atoms with van der Waals surface area (Å²) in [5.74, 6) is 0. The zero-order valence-corrected chi connectivity index (χ0v) is 6.30. The van der Waals surface area contributed by atoms with E-state index in [9.17, 15) is 0 Å². The molecular weight excluding hydrogens is 105 g/mol. The van der Waals surface area contributed by atoms with Crippen molar-refractivity contribution in [2.45, 2.75) is 13.8 Å². The van der Waals surface area contributed by atoms with Crippen molar-refractivity contribution >= 4 is 9.24 Å². The molecule has 0 aliphatic heterocycles. The van der Waals surface area contributed by atoms with Gasteiger partial charge in [-0.25, -0.2) is 0 Å². The largest absolute Gasteiger partial charge is 0.300 e. The third-order valence-corrected chi connectivity index (χ3v) is 1.67. The van der Waals surface area contributed by atoms with Crippen LogP contribution in [0.1, 0.15) is 13.8 Å². The summed E-state index contributed by atoms with van der Waals surface area (Å²) in [6.45, 7) is 6.68. The maximum Gasteiger partial charge on any atom is 0.0126 e. The first-order valence-electron chi connectivity index (χ1n) is 2.77. The Hall–Kier alpha value is 0.390. The summed E-state index contributed by atoms with van der Waals surface area (Å²) < 4.78 is 0. The average molecular weight is 119 g/mol. The summed E-state index contributed by atoms with van der Waals surface area (Å²) in [6.07, 6.45) is 1.10. The maximum absolute atomic E-state index is 2.71. The maximum atomic E-state index is 2.71. The molecule has 0 saturated carbocycles. The van der Waals surface area contributed by atoms with Crippen molar-refractivity contribution in [3.05, 3.63) is 0 Å². The molecule has 0 rings (SSSR count). The molecule has 0 radical (unpaired) electrons. The van der Waals surface area contributed by atoms with E-state index in [2.05, 4.69) is 28.0 Å². The van der Waals surface area contributed by atoms with E-state index in [0.717, 1.165) is 6.29 Å². The first-order valence-corrected chi connectivity index (χ1v) is 3.59. The minimum absolute atomic E-state index is 1.10. The van der Waals surface area contributed by atoms with Gasteiger partial charge in [-0.05, 0) is 13.1 Å². The predicted octanol–water partition coefficient (Wildman–Crippen LogP) is 1.16. The molecule has 0 saturated heterocycles. The zero-order valence-electron chi connectivity index (χ0n) is 5.15. The molecule has 1 atom stereocenters. The van der Waals surface area contributed by atoms with E-state index in [-0.39, 0.29) is 0 Å². The van der Waals surface area contributed by atoms with Crippen molar-refractivity contribution in [2.24, 2.45) is 0 Å². The number of hydrogen-bond donors (Lipinski definition) is 0. The number of hydrogen-bond acceptors (Lipinski definition) is 1. The fourth-order valence-corrected chi connectivity index (χ4v) is 0.998. The average Bonchev–Trinajstić information content (AvgIpc) is 1.72. The standard InChI is InChI=1S/C5H14NP/c1-3-6(4-2)5-7/h3-5,7H2,1-2H3. The van der Waals surface area contributed by atoms with Crippen molar-refractivity contribution in [1.29, 1.82) is 0 Å². The first kappa shape index (κ1) is 7.39. The number of rotatable bonds is 3. The molecule has 1 unspecified atom stereocenters. The smallest absolute Gasteiger partial charge is 0.0126 e. The summed E-state index contributed by atoms with van der Waals surface area (Å²) in [5, 5.41) is 0. The fourth-order valence-electron chi connectivity index (χ4n) is 0.482. The second-order valence-corrected chi connectivity index (χ2v) is 1.85. The highest BCUT2D eigenvalue weighted by Crippen LogP contribution is 1.89. The number of nitrogens with zero attached hydrogens (tertiary/aromatic N) is 1. The van der Waals surface area contributed by atoms with Gasteiger partial charge in [0, 0.05) is 6.29 Å². The molecule has 0 heterocycles. The minimum atomic E-state index is 1.10. The Labute approximate surface area is 48.3 Å². The van der Waals surface area contributed by atoms with Crippen LogP contribution in [0.5, 0.6) is 0 Å². The molecule has 0 aromatic rings. The lowest BCUT2D eigenvalue weighted by atomic mass is 10.6. The van der Waals surface area contributed by atoms with E-state index in [0.29, 0.717) is 0 Å². The molecule has 0 fully saturated rings. The van der Waals surface area contributed by atoms with Gasteiger partial charge in [-0.1, -0.05) is 13.8 Å². The van der Waals surface area contributed by atoms with Crippen LogP contribution in [-0.4, -0.2) is 24.3 Å². The molecule has 1 nitrogen and oxygen atoms in total. The van der Waals surface area contributed by atoms with E-state index < -0.39 is 0 Å². The Morgan fingerprint density at radius 2 is 1.71 bits per heavy atom. The second-order valence-electron chi connectivity index (χ2n) is 1.49. The van der Waals surface area contributed by atoms with Gasteiger partial charge >= 0.3 is 0 Å². The molecule has 7 heavy (non-hydrogen) atoms. The normalized spacial score (nSPS) is 10.3. The summed E-state index contributed by atoms with van der Waals surface area (Å²) in [6, 6.07) is 0. The quantitative estimate of drug-likeness (QED) is 0.504. The van der Waals surface area contributed by atoms with Crippen LogP contribution in [0.2, 0.25) is 0 Å². The monoisotopic (exact) mass is 119 g/mol. The Morgan fingerprint density at radius 3 is 1.71 bits per heavy atom. The predicted molar refractivity (Wildman–Crippen MR) is 37.5 cm³/mol. The third kappa shape index (κ3) is 3.02. The van der Waals surface area contributed by atoms with E-state index >= 15 is 0 Å². The summed E-state index contributed by atoms with van der Waals surface area (Å²) in [7, 11) is 2.71. The summed E-state index contributed by atoms with van der Waals surface area (Å²) in [5.41, 5.74) is 0. The molecule has 0 amide bonds. The Kier molecular flexibility index (Phi) is 4.80. The fraction of sp³-hybridized carbons (Fsp3) is 1.00. The first-order chi connectivity index (χ1) is 3.35. The van der Waals surface area contributed by atoms with Crippen molar-refractivity contribution in [2.75, 3.05) is 19.4 Å². The van der Waals surface area contributed by atoms with Crippen LogP contribution in [0, 0.1) is 0 Å². The Morgan fingerprint density at radius 1 is 1.29 bits per heavy atom. The molecule has 0 aromatic carbocycles. The Balaban J connectivity index is 2.99. The molecule has 2 heteroatoms. The Bertz CT molecular complexity index is 29.6. The van der Waals surface area contributed by atoms with Crippen LogP contribution in [0.3, 0.4) is 0 Å². The summed E-state index contributed by atoms with van der Waals surface area (Å²) in [4.78, 5) is 2.34. The third-order valence-electron chi connectivity index (χ3n) is 1.15. The highest BCUT2D eigenvalue weighted by atomic mass is 31.0.